The fourth-order valence-electron chi connectivity index (χ4n) is 3.11. The first-order valence-electron chi connectivity index (χ1n) is 8.56. The summed E-state index contributed by atoms with van der Waals surface area (Å²) in [6, 6.07) is 6.21. The fourth-order valence-corrected chi connectivity index (χ4v) is 4.79. The average Bonchev–Trinajstić information content (AvgIpc) is 3.32. The van der Waals surface area contributed by atoms with E-state index in [1.165, 1.54) is 23.1 Å². The number of thioether (sulfide) groups is 1. The highest BCUT2D eigenvalue weighted by Gasteiger charge is 2.23. The Balaban J connectivity index is 1.42. The van der Waals surface area contributed by atoms with E-state index in [4.69, 9.17) is 0 Å². The van der Waals surface area contributed by atoms with Gasteiger partial charge in [0.1, 0.15) is 0 Å². The molecule has 2 N–H and O–H groups in total. The molecule has 7 nitrogen and oxygen atoms in total. The van der Waals surface area contributed by atoms with Crippen molar-refractivity contribution in [2.45, 2.75) is 37.1 Å². The lowest BCUT2D eigenvalue weighted by molar-refractivity contribution is -0.113. The number of hydrogen-bond donors (Lipinski definition) is 2. The van der Waals surface area contributed by atoms with E-state index in [1.54, 1.807) is 4.52 Å². The van der Waals surface area contributed by atoms with Gasteiger partial charge in [0.2, 0.25) is 10.9 Å². The third-order valence-electron chi connectivity index (χ3n) is 4.44. The van der Waals surface area contributed by atoms with Crippen LogP contribution in [0, 0.1) is 13.8 Å². The highest BCUT2D eigenvalue weighted by molar-refractivity contribution is 8.01. The van der Waals surface area contributed by atoms with Crippen LogP contribution in [0.15, 0.2) is 22.5 Å². The first-order valence-corrected chi connectivity index (χ1v) is 10.4. The van der Waals surface area contributed by atoms with Crippen LogP contribution in [-0.2, 0) is 4.79 Å². The molecule has 4 rings (SSSR count). The summed E-state index contributed by atoms with van der Waals surface area (Å²) in [7, 11) is 0. The largest absolute Gasteiger partial charge is 0.325 e. The lowest BCUT2D eigenvalue weighted by Crippen LogP contribution is -2.16. The van der Waals surface area contributed by atoms with Crippen LogP contribution in [0.4, 0.5) is 5.69 Å². The molecule has 1 fully saturated rings. The Kier molecular flexibility index (Phi) is 4.92. The summed E-state index contributed by atoms with van der Waals surface area (Å²) in [4.78, 5) is 13.1. The molecule has 9 heteroatoms. The molecule has 1 unspecified atom stereocenters. The molecule has 26 heavy (non-hydrogen) atoms. The Labute approximate surface area is 159 Å². The number of aryl methyl sites for hydroxylation is 2. The van der Waals surface area contributed by atoms with Crippen molar-refractivity contribution in [1.29, 1.82) is 0 Å². The van der Waals surface area contributed by atoms with Gasteiger partial charge in [0.15, 0.2) is 10.2 Å². The normalized spacial score (nSPS) is 17.1. The first-order chi connectivity index (χ1) is 12.6. The number of para-hydroxylation sites is 1. The van der Waals surface area contributed by atoms with E-state index in [0.29, 0.717) is 5.75 Å². The maximum Gasteiger partial charge on any atom is 0.235 e. The second-order valence-electron chi connectivity index (χ2n) is 6.37. The van der Waals surface area contributed by atoms with E-state index in [9.17, 15) is 4.79 Å². The standard InChI is InChI=1S/C17H20N6OS2/c1-10-5-3-6-11(2)14(10)19-13(24)9-25-17-22-23-15(12-7-4-8-18-12)20-21-16(23)26-17/h3,5-6,12,18H,4,7-9H2,1-2H3,(H,19,24). The third-order valence-corrected chi connectivity index (χ3v) is 6.47. The number of aromatic nitrogens is 4. The summed E-state index contributed by atoms with van der Waals surface area (Å²) in [5.41, 5.74) is 3.03. The molecule has 1 aromatic carbocycles. The quantitative estimate of drug-likeness (QED) is 0.654. The predicted molar refractivity (Wildman–Crippen MR) is 104 cm³/mol. The van der Waals surface area contributed by atoms with Crippen LogP contribution in [0.3, 0.4) is 0 Å². The van der Waals surface area contributed by atoms with E-state index in [0.717, 1.165) is 51.3 Å². The van der Waals surface area contributed by atoms with E-state index in [-0.39, 0.29) is 11.9 Å². The minimum absolute atomic E-state index is 0.0314. The summed E-state index contributed by atoms with van der Waals surface area (Å²) in [5, 5.41) is 19.5. The van der Waals surface area contributed by atoms with Gasteiger partial charge in [-0.05, 0) is 44.4 Å². The third kappa shape index (κ3) is 3.46. The highest BCUT2D eigenvalue weighted by atomic mass is 32.2. The number of carbonyl (C=O) groups is 1. The minimum Gasteiger partial charge on any atom is -0.325 e. The van der Waals surface area contributed by atoms with Crippen LogP contribution in [0.25, 0.3) is 4.96 Å². The van der Waals surface area contributed by atoms with Crippen LogP contribution in [0.2, 0.25) is 0 Å². The van der Waals surface area contributed by atoms with Crippen LogP contribution in [-0.4, -0.2) is 38.0 Å². The Morgan fingerprint density at radius 1 is 1.38 bits per heavy atom. The van der Waals surface area contributed by atoms with Gasteiger partial charge in [0, 0.05) is 5.69 Å². The van der Waals surface area contributed by atoms with Gasteiger partial charge in [-0.2, -0.15) is 4.52 Å². The molecule has 3 heterocycles. The molecule has 1 atom stereocenters. The van der Waals surface area contributed by atoms with Gasteiger partial charge in [-0.1, -0.05) is 41.3 Å². The summed E-state index contributed by atoms with van der Waals surface area (Å²) >= 11 is 2.89. The van der Waals surface area contributed by atoms with E-state index >= 15 is 0 Å². The van der Waals surface area contributed by atoms with E-state index in [1.807, 2.05) is 32.0 Å². The second-order valence-corrected chi connectivity index (χ2v) is 8.55. The molecule has 1 amide bonds. The number of rotatable bonds is 5. The Bertz CT molecular complexity index is 924. The molecule has 0 bridgehead atoms. The van der Waals surface area contributed by atoms with Crippen molar-refractivity contribution in [3.05, 3.63) is 35.2 Å². The van der Waals surface area contributed by atoms with Crippen molar-refractivity contribution >= 4 is 39.7 Å². The van der Waals surface area contributed by atoms with Crippen LogP contribution >= 0.6 is 23.1 Å². The number of anilines is 1. The number of hydrogen-bond acceptors (Lipinski definition) is 7. The van der Waals surface area contributed by atoms with Gasteiger partial charge < -0.3 is 10.6 Å². The molecular formula is C17H20N6OS2. The van der Waals surface area contributed by atoms with Gasteiger partial charge in [0.05, 0.1) is 11.8 Å². The zero-order chi connectivity index (χ0) is 18.1. The molecule has 2 aromatic heterocycles. The van der Waals surface area contributed by atoms with Gasteiger partial charge in [-0.25, -0.2) is 0 Å². The molecule has 136 valence electrons. The van der Waals surface area contributed by atoms with E-state index in [2.05, 4.69) is 25.9 Å². The average molecular weight is 389 g/mol. The fraction of sp³-hybridized carbons (Fsp3) is 0.412. The zero-order valence-electron chi connectivity index (χ0n) is 14.7. The number of nitrogens with zero attached hydrogens (tertiary/aromatic N) is 4. The summed E-state index contributed by atoms with van der Waals surface area (Å²) in [5.74, 6) is 1.14. The zero-order valence-corrected chi connectivity index (χ0v) is 16.3. The maximum absolute atomic E-state index is 12.3. The molecular weight excluding hydrogens is 368 g/mol. The number of amides is 1. The van der Waals surface area contributed by atoms with Gasteiger partial charge >= 0.3 is 0 Å². The smallest absolute Gasteiger partial charge is 0.235 e. The molecule has 1 aliphatic rings. The molecule has 0 aliphatic carbocycles. The Hall–Kier alpha value is -1.97. The van der Waals surface area contributed by atoms with Crippen LogP contribution < -0.4 is 10.6 Å². The van der Waals surface area contributed by atoms with Crippen LogP contribution in [0.1, 0.15) is 35.8 Å². The lowest BCUT2D eigenvalue weighted by atomic mass is 10.1. The van der Waals surface area contributed by atoms with Gasteiger partial charge in [0.25, 0.3) is 0 Å². The summed E-state index contributed by atoms with van der Waals surface area (Å²) in [6.45, 7) is 5.00. The number of carbonyl (C=O) groups excluding carboxylic acids is 1. The summed E-state index contributed by atoms with van der Waals surface area (Å²) in [6.07, 6.45) is 2.20. The molecule has 1 saturated heterocycles. The van der Waals surface area contributed by atoms with Crippen LogP contribution in [0.5, 0.6) is 0 Å². The Morgan fingerprint density at radius 3 is 2.92 bits per heavy atom. The topological polar surface area (TPSA) is 84.2 Å². The minimum atomic E-state index is -0.0314. The Morgan fingerprint density at radius 2 is 2.19 bits per heavy atom. The van der Waals surface area contributed by atoms with Crippen molar-refractivity contribution in [1.82, 2.24) is 25.1 Å². The van der Waals surface area contributed by atoms with Crippen molar-refractivity contribution in [2.75, 3.05) is 17.6 Å². The monoisotopic (exact) mass is 388 g/mol. The highest BCUT2D eigenvalue weighted by Crippen LogP contribution is 2.28. The molecule has 3 aromatic rings. The second kappa shape index (κ2) is 7.34. The van der Waals surface area contributed by atoms with Crippen molar-refractivity contribution in [3.63, 3.8) is 0 Å². The van der Waals surface area contributed by atoms with Crippen molar-refractivity contribution in [3.8, 4) is 0 Å². The van der Waals surface area contributed by atoms with Gasteiger partial charge in [-0.3, -0.25) is 4.79 Å². The molecule has 0 saturated carbocycles. The number of nitrogens with one attached hydrogen (secondary N) is 2. The van der Waals surface area contributed by atoms with Crippen molar-refractivity contribution < 1.29 is 4.79 Å². The molecule has 0 radical (unpaired) electrons. The number of fused-ring (bicyclic) bond motifs is 1. The predicted octanol–water partition coefficient (Wildman–Crippen LogP) is 2.96. The van der Waals surface area contributed by atoms with Gasteiger partial charge in [-0.15, -0.1) is 15.3 Å². The molecule has 1 aliphatic heterocycles. The SMILES string of the molecule is Cc1cccc(C)c1NC(=O)CSc1nn2c(C3CCCN3)nnc2s1. The summed E-state index contributed by atoms with van der Waals surface area (Å²) < 4.78 is 2.63. The first kappa shape index (κ1) is 17.4. The van der Waals surface area contributed by atoms with Crippen molar-refractivity contribution in [2.24, 2.45) is 0 Å². The molecule has 0 spiro atoms. The van der Waals surface area contributed by atoms with E-state index < -0.39 is 0 Å². The lowest BCUT2D eigenvalue weighted by Gasteiger charge is -2.10. The number of benzene rings is 1. The maximum atomic E-state index is 12.3.